The van der Waals surface area contributed by atoms with Gasteiger partial charge in [0.15, 0.2) is 0 Å². The molecular formula is C16H28ClN3O4S2. The summed E-state index contributed by atoms with van der Waals surface area (Å²) < 4.78 is 54.6. The molecule has 1 aromatic rings. The molecule has 0 radical (unpaired) electrons. The number of hydrogen-bond donors (Lipinski definition) is 2. The van der Waals surface area contributed by atoms with E-state index in [0.717, 1.165) is 19.3 Å². The van der Waals surface area contributed by atoms with E-state index in [9.17, 15) is 16.8 Å². The van der Waals surface area contributed by atoms with Crippen molar-refractivity contribution in [2.45, 2.75) is 55.4 Å². The predicted octanol–water partition coefficient (Wildman–Crippen LogP) is 1.61. The molecule has 10 heteroatoms. The van der Waals surface area contributed by atoms with Crippen molar-refractivity contribution in [3.8, 4) is 0 Å². The van der Waals surface area contributed by atoms with Crippen LogP contribution in [0.25, 0.3) is 0 Å². The third-order valence-corrected chi connectivity index (χ3v) is 7.56. The molecule has 2 rings (SSSR count). The smallest absolute Gasteiger partial charge is 0.243 e. The maximum Gasteiger partial charge on any atom is 0.243 e. The molecule has 26 heavy (non-hydrogen) atoms. The summed E-state index contributed by atoms with van der Waals surface area (Å²) in [4.78, 5) is -0.0257. The van der Waals surface area contributed by atoms with E-state index in [-0.39, 0.29) is 28.7 Å². The zero-order chi connectivity index (χ0) is 18.9. The van der Waals surface area contributed by atoms with E-state index in [0.29, 0.717) is 18.7 Å². The lowest BCUT2D eigenvalue weighted by Gasteiger charge is -2.26. The zero-order valence-electron chi connectivity index (χ0n) is 15.4. The number of nitrogens with two attached hydrogens (primary N) is 1. The highest BCUT2D eigenvalue weighted by atomic mass is 35.5. The first kappa shape index (κ1) is 23.3. The molecule has 0 amide bonds. The van der Waals surface area contributed by atoms with Crippen LogP contribution in [0.5, 0.6) is 0 Å². The lowest BCUT2D eigenvalue weighted by molar-refractivity contribution is 0.346. The van der Waals surface area contributed by atoms with Crippen LogP contribution in [0.4, 0.5) is 0 Å². The molecule has 1 saturated heterocycles. The van der Waals surface area contributed by atoms with Gasteiger partial charge < -0.3 is 5.73 Å². The van der Waals surface area contributed by atoms with Gasteiger partial charge in [-0.1, -0.05) is 12.5 Å². The van der Waals surface area contributed by atoms with Crippen LogP contribution in [0.2, 0.25) is 0 Å². The van der Waals surface area contributed by atoms with Gasteiger partial charge in [-0.25, -0.2) is 21.6 Å². The largest absolute Gasteiger partial charge is 0.324 e. The highest BCUT2D eigenvalue weighted by Crippen LogP contribution is 2.25. The summed E-state index contributed by atoms with van der Waals surface area (Å²) in [6.07, 6.45) is 2.66. The number of sulfonamides is 2. The quantitative estimate of drug-likeness (QED) is 0.719. The number of piperidine rings is 1. The summed E-state index contributed by atoms with van der Waals surface area (Å²) in [5, 5.41) is 0. The van der Waals surface area contributed by atoms with Gasteiger partial charge in [-0.05, 0) is 51.3 Å². The Kier molecular flexibility index (Phi) is 7.66. The average molecular weight is 426 g/mol. The van der Waals surface area contributed by atoms with Crippen molar-refractivity contribution in [1.82, 2.24) is 9.03 Å². The van der Waals surface area contributed by atoms with Gasteiger partial charge in [0.25, 0.3) is 0 Å². The number of hydrogen-bond acceptors (Lipinski definition) is 5. The van der Waals surface area contributed by atoms with E-state index >= 15 is 0 Å². The summed E-state index contributed by atoms with van der Waals surface area (Å²) >= 11 is 0. The first-order valence-corrected chi connectivity index (χ1v) is 11.3. The molecule has 0 saturated carbocycles. The first-order valence-electron chi connectivity index (χ1n) is 8.33. The highest BCUT2D eigenvalue weighted by Gasteiger charge is 2.28. The molecule has 0 aliphatic carbocycles. The van der Waals surface area contributed by atoms with Gasteiger partial charge in [-0.15, -0.1) is 12.4 Å². The lowest BCUT2D eigenvalue weighted by atomic mass is 10.1. The van der Waals surface area contributed by atoms with Crippen LogP contribution in [0.3, 0.4) is 0 Å². The van der Waals surface area contributed by atoms with Crippen molar-refractivity contribution >= 4 is 32.5 Å². The molecule has 1 aliphatic heterocycles. The summed E-state index contributed by atoms with van der Waals surface area (Å²) in [6, 6.07) is 4.23. The predicted molar refractivity (Wildman–Crippen MR) is 104 cm³/mol. The normalized spacial score (nSPS) is 16.9. The molecule has 0 unspecified atom stereocenters. The topological polar surface area (TPSA) is 110 Å². The second kappa shape index (κ2) is 8.53. The second-order valence-corrected chi connectivity index (χ2v) is 10.9. The third kappa shape index (κ3) is 5.64. The molecule has 0 atom stereocenters. The number of aryl methyl sites for hydroxylation is 1. The molecule has 1 heterocycles. The Morgan fingerprint density at radius 1 is 1.12 bits per heavy atom. The summed E-state index contributed by atoms with van der Waals surface area (Å²) in [5.74, 6) is 0. The number of nitrogens with zero attached hydrogens (tertiary/aromatic N) is 1. The van der Waals surface area contributed by atoms with Crippen molar-refractivity contribution in [2.24, 2.45) is 5.73 Å². The second-order valence-electron chi connectivity index (χ2n) is 7.21. The number of halogens is 1. The Morgan fingerprint density at radius 2 is 1.69 bits per heavy atom. The standard InChI is InChI=1S/C16H27N3O4S2.ClH/c1-13-7-8-14(25(22,23)19-9-5-4-6-10-19)11-15(13)24(20,21)18-12-16(2,3)17;/h7-8,11,18H,4-6,9-10,12,17H2,1-3H3;1H. The minimum absolute atomic E-state index is 0. The fourth-order valence-electron chi connectivity index (χ4n) is 2.64. The van der Waals surface area contributed by atoms with Crippen LogP contribution in [-0.2, 0) is 20.0 Å². The number of benzene rings is 1. The first-order chi connectivity index (χ1) is 11.4. The van der Waals surface area contributed by atoms with E-state index in [4.69, 9.17) is 5.73 Å². The Morgan fingerprint density at radius 3 is 2.23 bits per heavy atom. The van der Waals surface area contributed by atoms with Gasteiger partial charge >= 0.3 is 0 Å². The summed E-state index contributed by atoms with van der Waals surface area (Å²) in [5.41, 5.74) is 5.60. The van der Waals surface area contributed by atoms with Crippen molar-refractivity contribution in [3.63, 3.8) is 0 Å². The minimum Gasteiger partial charge on any atom is -0.324 e. The maximum absolute atomic E-state index is 12.8. The van der Waals surface area contributed by atoms with Gasteiger partial charge in [0.05, 0.1) is 9.79 Å². The van der Waals surface area contributed by atoms with Gasteiger partial charge in [0.1, 0.15) is 0 Å². The van der Waals surface area contributed by atoms with Gasteiger partial charge in [0, 0.05) is 25.2 Å². The summed E-state index contributed by atoms with van der Waals surface area (Å²) in [7, 11) is -7.54. The van der Waals surface area contributed by atoms with Crippen molar-refractivity contribution in [3.05, 3.63) is 23.8 Å². The monoisotopic (exact) mass is 425 g/mol. The molecule has 1 aromatic carbocycles. The maximum atomic E-state index is 12.8. The van der Waals surface area contributed by atoms with Gasteiger partial charge in [-0.3, -0.25) is 0 Å². The van der Waals surface area contributed by atoms with Crippen molar-refractivity contribution in [1.29, 1.82) is 0 Å². The molecule has 3 N–H and O–H groups in total. The Balaban J connectivity index is 0.00000338. The SMILES string of the molecule is Cc1ccc(S(=O)(=O)N2CCCCC2)cc1S(=O)(=O)NCC(C)(C)N.Cl. The molecule has 1 fully saturated rings. The van der Waals surface area contributed by atoms with Crippen molar-refractivity contribution in [2.75, 3.05) is 19.6 Å². The molecule has 0 aromatic heterocycles. The van der Waals surface area contributed by atoms with Crippen LogP contribution in [-0.4, -0.2) is 46.3 Å². The van der Waals surface area contributed by atoms with Crippen LogP contribution in [0.1, 0.15) is 38.7 Å². The zero-order valence-corrected chi connectivity index (χ0v) is 17.8. The third-order valence-electron chi connectivity index (χ3n) is 4.12. The van der Waals surface area contributed by atoms with E-state index in [1.165, 1.54) is 22.5 Å². The molecule has 150 valence electrons. The van der Waals surface area contributed by atoms with Crippen LogP contribution >= 0.6 is 12.4 Å². The molecule has 7 nitrogen and oxygen atoms in total. The van der Waals surface area contributed by atoms with Crippen LogP contribution < -0.4 is 10.5 Å². The molecule has 0 spiro atoms. The number of rotatable bonds is 6. The number of nitrogens with one attached hydrogen (secondary N) is 1. The van der Waals surface area contributed by atoms with E-state index in [2.05, 4.69) is 4.72 Å². The Labute approximate surface area is 162 Å². The minimum atomic E-state index is -3.85. The highest BCUT2D eigenvalue weighted by molar-refractivity contribution is 7.90. The molecular weight excluding hydrogens is 398 g/mol. The average Bonchev–Trinajstić information content (AvgIpc) is 2.53. The van der Waals surface area contributed by atoms with Crippen LogP contribution in [0.15, 0.2) is 28.0 Å². The molecule has 1 aliphatic rings. The lowest BCUT2D eigenvalue weighted by Crippen LogP contribution is -2.45. The van der Waals surface area contributed by atoms with E-state index in [1.807, 2.05) is 0 Å². The van der Waals surface area contributed by atoms with E-state index < -0.39 is 25.6 Å². The van der Waals surface area contributed by atoms with E-state index in [1.54, 1.807) is 20.8 Å². The van der Waals surface area contributed by atoms with Crippen molar-refractivity contribution < 1.29 is 16.8 Å². The summed E-state index contributed by atoms with van der Waals surface area (Å²) in [6.45, 7) is 6.05. The molecule has 0 bridgehead atoms. The fourth-order valence-corrected chi connectivity index (χ4v) is 5.75. The van der Waals surface area contributed by atoms with Gasteiger partial charge in [0.2, 0.25) is 20.0 Å². The Bertz CT molecular complexity index is 828. The fraction of sp³-hybridized carbons (Fsp3) is 0.625. The van der Waals surface area contributed by atoms with Gasteiger partial charge in [-0.2, -0.15) is 4.31 Å². The Hall–Kier alpha value is -0.710. The van der Waals surface area contributed by atoms with Crippen LogP contribution in [0, 0.1) is 6.92 Å².